The Bertz CT molecular complexity index is 556. The van der Waals surface area contributed by atoms with Crippen LogP contribution in [-0.4, -0.2) is 23.9 Å². The van der Waals surface area contributed by atoms with Crippen LogP contribution in [0.3, 0.4) is 0 Å². The number of piperidine rings is 1. The third-order valence-corrected chi connectivity index (χ3v) is 3.64. The third kappa shape index (κ3) is 3.07. The summed E-state index contributed by atoms with van der Waals surface area (Å²) < 4.78 is 0. The van der Waals surface area contributed by atoms with E-state index in [-0.39, 0.29) is 5.91 Å². The van der Waals surface area contributed by atoms with E-state index in [1.807, 2.05) is 4.90 Å². The van der Waals surface area contributed by atoms with E-state index in [1.165, 1.54) is 11.1 Å². The van der Waals surface area contributed by atoms with E-state index in [0.717, 1.165) is 18.5 Å². The van der Waals surface area contributed by atoms with Crippen molar-refractivity contribution in [3.63, 3.8) is 0 Å². The normalized spacial score (nSPS) is 15.6. The number of hydrogen-bond acceptors (Lipinski definition) is 1. The monoisotopic (exact) mass is 275 g/mol. The van der Waals surface area contributed by atoms with Gasteiger partial charge in [0, 0.05) is 23.7 Å². The Morgan fingerprint density at radius 1 is 1.37 bits per heavy atom. The average Bonchev–Trinajstić information content (AvgIpc) is 2.37. The number of benzene rings is 1. The van der Waals surface area contributed by atoms with Crippen LogP contribution in [0.4, 0.5) is 0 Å². The minimum absolute atomic E-state index is 0.0245. The Kier molecular flexibility index (Phi) is 4.11. The third-order valence-electron chi connectivity index (χ3n) is 3.40. The van der Waals surface area contributed by atoms with Gasteiger partial charge in [0.25, 0.3) is 5.91 Å². The predicted molar refractivity (Wildman–Crippen MR) is 79.5 cm³/mol. The van der Waals surface area contributed by atoms with Crippen LogP contribution in [0.1, 0.15) is 30.6 Å². The fraction of sp³-hybridized carbons (Fsp3) is 0.312. The summed E-state index contributed by atoms with van der Waals surface area (Å²) in [4.78, 5) is 14.2. The van der Waals surface area contributed by atoms with Crippen molar-refractivity contribution >= 4 is 17.5 Å². The molecule has 2 nitrogen and oxygen atoms in total. The number of likely N-dealkylation sites (tertiary alicyclic amines) is 1. The molecule has 0 bridgehead atoms. The van der Waals surface area contributed by atoms with Crippen molar-refractivity contribution in [2.75, 3.05) is 13.1 Å². The molecule has 3 heteroatoms. The molecule has 0 N–H and O–H groups in total. The van der Waals surface area contributed by atoms with Crippen LogP contribution in [0.2, 0.25) is 5.02 Å². The number of rotatable bonds is 1. The highest BCUT2D eigenvalue weighted by atomic mass is 35.5. The Balaban J connectivity index is 2.15. The Hall–Kier alpha value is -1.54. The quantitative estimate of drug-likeness (QED) is 0.756. The minimum atomic E-state index is 0.0245. The largest absolute Gasteiger partial charge is 0.334 e. The predicted octanol–water partition coefficient (Wildman–Crippen LogP) is 4.08. The van der Waals surface area contributed by atoms with Crippen molar-refractivity contribution in [2.24, 2.45) is 0 Å². The van der Waals surface area contributed by atoms with Crippen molar-refractivity contribution in [3.05, 3.63) is 58.1 Å². The van der Waals surface area contributed by atoms with Gasteiger partial charge in [0.2, 0.25) is 0 Å². The first-order valence-electron chi connectivity index (χ1n) is 6.38. The van der Waals surface area contributed by atoms with E-state index < -0.39 is 0 Å². The molecule has 0 saturated carbocycles. The van der Waals surface area contributed by atoms with Crippen LogP contribution in [-0.2, 0) is 0 Å². The summed E-state index contributed by atoms with van der Waals surface area (Å²) in [5.41, 5.74) is 4.28. The zero-order valence-corrected chi connectivity index (χ0v) is 12.1. The number of halogens is 1. The molecule has 1 amide bonds. The first-order chi connectivity index (χ1) is 8.99. The number of nitrogens with zero attached hydrogens (tertiary/aromatic N) is 1. The summed E-state index contributed by atoms with van der Waals surface area (Å²) in [6, 6.07) is 7.08. The Labute approximate surface area is 119 Å². The first kappa shape index (κ1) is 13.9. The van der Waals surface area contributed by atoms with E-state index in [4.69, 9.17) is 11.6 Å². The molecule has 0 unspecified atom stereocenters. The Morgan fingerprint density at radius 3 is 2.68 bits per heavy atom. The summed E-state index contributed by atoms with van der Waals surface area (Å²) in [5, 5.41) is 0.590. The van der Waals surface area contributed by atoms with Gasteiger partial charge in [0.1, 0.15) is 0 Å². The lowest BCUT2D eigenvalue weighted by molar-refractivity contribution is 0.0763. The molecule has 1 aliphatic rings. The van der Waals surface area contributed by atoms with Gasteiger partial charge >= 0.3 is 0 Å². The van der Waals surface area contributed by atoms with Crippen molar-refractivity contribution < 1.29 is 4.79 Å². The molecule has 0 spiro atoms. The molecule has 1 aromatic carbocycles. The molecule has 0 aliphatic carbocycles. The van der Waals surface area contributed by atoms with Gasteiger partial charge in [-0.3, -0.25) is 4.79 Å². The van der Waals surface area contributed by atoms with E-state index in [9.17, 15) is 4.79 Å². The highest BCUT2D eigenvalue weighted by Crippen LogP contribution is 2.25. The van der Waals surface area contributed by atoms with E-state index in [1.54, 1.807) is 24.3 Å². The molecule has 1 aromatic rings. The van der Waals surface area contributed by atoms with E-state index >= 15 is 0 Å². The molecular formula is C16H18ClNO. The van der Waals surface area contributed by atoms with Crippen LogP contribution < -0.4 is 0 Å². The number of amides is 1. The molecule has 1 fully saturated rings. The molecule has 1 heterocycles. The van der Waals surface area contributed by atoms with Crippen LogP contribution in [0.5, 0.6) is 0 Å². The smallest absolute Gasteiger partial charge is 0.254 e. The highest BCUT2D eigenvalue weighted by Gasteiger charge is 2.23. The van der Waals surface area contributed by atoms with Gasteiger partial charge in [-0.1, -0.05) is 29.8 Å². The lowest BCUT2D eigenvalue weighted by Gasteiger charge is -2.31. The van der Waals surface area contributed by atoms with Gasteiger partial charge in [-0.25, -0.2) is 0 Å². The Morgan fingerprint density at radius 2 is 2.11 bits per heavy atom. The topological polar surface area (TPSA) is 20.3 Å². The molecule has 0 aromatic heterocycles. The second-order valence-electron chi connectivity index (χ2n) is 5.07. The van der Waals surface area contributed by atoms with Gasteiger partial charge in [-0.15, -0.1) is 0 Å². The van der Waals surface area contributed by atoms with Crippen LogP contribution in [0.15, 0.2) is 47.6 Å². The maximum atomic E-state index is 12.4. The maximum Gasteiger partial charge on any atom is 0.254 e. The molecule has 1 saturated heterocycles. The molecule has 0 atom stereocenters. The molecule has 0 radical (unpaired) electrons. The van der Waals surface area contributed by atoms with Crippen LogP contribution in [0, 0.1) is 0 Å². The van der Waals surface area contributed by atoms with Gasteiger partial charge < -0.3 is 4.90 Å². The zero-order chi connectivity index (χ0) is 14.0. The van der Waals surface area contributed by atoms with Crippen molar-refractivity contribution in [1.29, 1.82) is 0 Å². The molecule has 2 rings (SSSR count). The lowest BCUT2D eigenvalue weighted by Crippen LogP contribution is -2.37. The second-order valence-corrected chi connectivity index (χ2v) is 5.51. The second kappa shape index (κ2) is 5.62. The molecule has 19 heavy (non-hydrogen) atoms. The molecule has 1 aliphatic heterocycles. The van der Waals surface area contributed by atoms with Crippen molar-refractivity contribution in [1.82, 2.24) is 4.90 Å². The summed E-state index contributed by atoms with van der Waals surface area (Å²) >= 11 is 5.93. The number of allylic oxidation sites excluding steroid dienone is 1. The summed E-state index contributed by atoms with van der Waals surface area (Å²) in [6.45, 7) is 9.61. The number of carbonyl (C=O) groups excluding carboxylic acids is 1. The molecule has 100 valence electrons. The lowest BCUT2D eigenvalue weighted by atomic mass is 9.95. The van der Waals surface area contributed by atoms with Gasteiger partial charge in [-0.05, 0) is 49.6 Å². The fourth-order valence-electron chi connectivity index (χ4n) is 2.41. The van der Waals surface area contributed by atoms with Crippen molar-refractivity contribution in [2.45, 2.75) is 20.3 Å². The standard InChI is InChI=1S/C16H18ClNO/c1-11(2)15-7-8-18(10-12(15)3)16(19)13-5-4-6-14(17)9-13/h4-6,9H,3,7-8,10H2,1-2H3. The number of hydrogen-bond donors (Lipinski definition) is 0. The zero-order valence-electron chi connectivity index (χ0n) is 11.4. The summed E-state index contributed by atoms with van der Waals surface area (Å²) in [7, 11) is 0. The van der Waals surface area contributed by atoms with Crippen molar-refractivity contribution in [3.8, 4) is 0 Å². The first-order valence-corrected chi connectivity index (χ1v) is 6.76. The SMILES string of the molecule is C=C1CN(C(=O)c2cccc(Cl)c2)CCC1=C(C)C. The van der Waals surface area contributed by atoms with E-state index in [2.05, 4.69) is 20.4 Å². The van der Waals surface area contributed by atoms with E-state index in [0.29, 0.717) is 17.1 Å². The van der Waals surface area contributed by atoms with Gasteiger partial charge in [0.05, 0.1) is 0 Å². The minimum Gasteiger partial charge on any atom is -0.334 e. The van der Waals surface area contributed by atoms with Crippen LogP contribution in [0.25, 0.3) is 0 Å². The fourth-order valence-corrected chi connectivity index (χ4v) is 2.60. The highest BCUT2D eigenvalue weighted by molar-refractivity contribution is 6.30. The maximum absolute atomic E-state index is 12.4. The van der Waals surface area contributed by atoms with Gasteiger partial charge in [-0.2, -0.15) is 0 Å². The molecular weight excluding hydrogens is 258 g/mol. The van der Waals surface area contributed by atoms with Gasteiger partial charge in [0.15, 0.2) is 0 Å². The average molecular weight is 276 g/mol. The summed E-state index contributed by atoms with van der Waals surface area (Å²) in [5.74, 6) is 0.0245. The number of carbonyl (C=O) groups is 1. The van der Waals surface area contributed by atoms with Crippen LogP contribution >= 0.6 is 11.6 Å². The summed E-state index contributed by atoms with van der Waals surface area (Å²) in [6.07, 6.45) is 0.882.